The second-order valence-electron chi connectivity index (χ2n) is 11.2. The van der Waals surface area contributed by atoms with Crippen LogP contribution in [0.2, 0.25) is 0 Å². The van der Waals surface area contributed by atoms with Crippen molar-refractivity contribution in [2.24, 2.45) is 5.92 Å². The Hall–Kier alpha value is -4.40. The molecular weight excluding hydrogens is 591 g/mol. The van der Waals surface area contributed by atoms with Gasteiger partial charge in [0.2, 0.25) is 0 Å². The SMILES string of the molecule is CC(C)CNC(=S)N1CCN(c2ccc(N(Cc3cncn3Cc3ccc(C#N)cc3)S(=O)(=O)c3ccccc3)cc2)CC1. The monoisotopic (exact) mass is 627 g/mol. The highest BCUT2D eigenvalue weighted by Crippen LogP contribution is 2.29. The molecule has 2 heterocycles. The van der Waals surface area contributed by atoms with Gasteiger partial charge in [-0.1, -0.05) is 44.2 Å². The fourth-order valence-corrected chi connectivity index (χ4v) is 6.81. The number of benzene rings is 3. The van der Waals surface area contributed by atoms with Crippen molar-refractivity contribution in [2.75, 3.05) is 41.9 Å². The molecule has 11 heteroatoms. The van der Waals surface area contributed by atoms with Gasteiger partial charge in [-0.2, -0.15) is 5.26 Å². The molecule has 1 N–H and O–H groups in total. The summed E-state index contributed by atoms with van der Waals surface area (Å²) in [5.74, 6) is 0.529. The van der Waals surface area contributed by atoms with Crippen molar-refractivity contribution >= 4 is 38.7 Å². The predicted octanol–water partition coefficient (Wildman–Crippen LogP) is 4.85. The third-order valence-electron chi connectivity index (χ3n) is 7.60. The molecule has 0 spiro atoms. The Morgan fingerprint density at radius 1 is 1.00 bits per heavy atom. The van der Waals surface area contributed by atoms with E-state index >= 15 is 0 Å². The number of imidazole rings is 1. The maximum atomic E-state index is 14.0. The molecule has 44 heavy (non-hydrogen) atoms. The van der Waals surface area contributed by atoms with Crippen molar-refractivity contribution in [3.8, 4) is 6.07 Å². The van der Waals surface area contributed by atoms with Crippen LogP contribution < -0.4 is 14.5 Å². The Labute approximate surface area is 265 Å². The Kier molecular flexibility index (Phi) is 9.82. The van der Waals surface area contributed by atoms with E-state index in [0.29, 0.717) is 23.7 Å². The van der Waals surface area contributed by atoms with Gasteiger partial charge in [0.1, 0.15) is 0 Å². The highest BCUT2D eigenvalue weighted by Gasteiger charge is 2.27. The lowest BCUT2D eigenvalue weighted by molar-refractivity contribution is 0.378. The van der Waals surface area contributed by atoms with Crippen LogP contribution in [0.1, 0.15) is 30.7 Å². The van der Waals surface area contributed by atoms with E-state index in [1.807, 2.05) is 41.0 Å². The largest absolute Gasteiger partial charge is 0.368 e. The summed E-state index contributed by atoms with van der Waals surface area (Å²) in [6, 6.07) is 25.7. The van der Waals surface area contributed by atoms with Gasteiger partial charge in [0.15, 0.2) is 5.11 Å². The molecule has 9 nitrogen and oxygen atoms in total. The summed E-state index contributed by atoms with van der Waals surface area (Å²) in [4.78, 5) is 9.06. The fraction of sp³-hybridized carbons (Fsp3) is 0.303. The number of thiocarbonyl (C=S) groups is 1. The van der Waals surface area contributed by atoms with E-state index < -0.39 is 10.0 Å². The minimum atomic E-state index is -3.88. The van der Waals surface area contributed by atoms with Crippen molar-refractivity contribution in [2.45, 2.75) is 31.8 Å². The standard InChI is InChI=1S/C33H37N7O2S2/c1-26(2)21-36-33(43)38-18-16-37(17-19-38)29-12-14-30(15-13-29)40(44(41,42)32-6-4-3-5-7-32)24-31-22-35-25-39(31)23-28-10-8-27(20-34)9-11-28/h3-15,22,25-26H,16-19,21,23-24H2,1-2H3,(H,36,43). The molecule has 0 unspecified atom stereocenters. The van der Waals surface area contributed by atoms with Gasteiger partial charge in [0.05, 0.1) is 40.8 Å². The first-order chi connectivity index (χ1) is 21.2. The third kappa shape index (κ3) is 7.38. The minimum absolute atomic E-state index is 0.104. The molecule has 5 rings (SSSR count). The molecule has 1 saturated heterocycles. The molecule has 228 valence electrons. The van der Waals surface area contributed by atoms with Gasteiger partial charge in [-0.3, -0.25) is 4.31 Å². The number of hydrogen-bond acceptors (Lipinski definition) is 6. The molecule has 0 bridgehead atoms. The molecule has 1 aliphatic rings. The van der Waals surface area contributed by atoms with E-state index in [-0.39, 0.29) is 11.4 Å². The van der Waals surface area contributed by atoms with Crippen LogP contribution in [-0.2, 0) is 23.1 Å². The number of nitrogens with one attached hydrogen (secondary N) is 1. The number of hydrogen-bond donors (Lipinski definition) is 1. The first kappa shape index (κ1) is 31.0. The van der Waals surface area contributed by atoms with E-state index in [2.05, 4.69) is 40.0 Å². The topological polar surface area (TPSA) is 97.5 Å². The van der Waals surface area contributed by atoms with Gasteiger partial charge in [0.25, 0.3) is 10.0 Å². The number of anilines is 2. The van der Waals surface area contributed by atoms with E-state index in [1.54, 1.807) is 55.0 Å². The van der Waals surface area contributed by atoms with Crippen molar-refractivity contribution in [3.63, 3.8) is 0 Å². The normalized spacial score (nSPS) is 13.5. The Morgan fingerprint density at radius 2 is 1.68 bits per heavy atom. The smallest absolute Gasteiger partial charge is 0.264 e. The number of nitrogens with zero attached hydrogens (tertiary/aromatic N) is 6. The van der Waals surface area contributed by atoms with Gasteiger partial charge in [-0.25, -0.2) is 13.4 Å². The zero-order valence-corrected chi connectivity index (χ0v) is 26.6. The Morgan fingerprint density at radius 3 is 2.32 bits per heavy atom. The second-order valence-corrected chi connectivity index (χ2v) is 13.5. The van der Waals surface area contributed by atoms with Gasteiger partial charge in [-0.05, 0) is 72.2 Å². The molecule has 3 aromatic carbocycles. The average molecular weight is 628 g/mol. The van der Waals surface area contributed by atoms with E-state index in [4.69, 9.17) is 17.5 Å². The number of aromatic nitrogens is 2. The number of piperazine rings is 1. The van der Waals surface area contributed by atoms with Gasteiger partial charge in [-0.15, -0.1) is 0 Å². The van der Waals surface area contributed by atoms with E-state index in [0.717, 1.165) is 54.8 Å². The van der Waals surface area contributed by atoms with Crippen LogP contribution in [0.25, 0.3) is 0 Å². The van der Waals surface area contributed by atoms with Gasteiger partial charge in [0, 0.05) is 51.2 Å². The summed E-state index contributed by atoms with van der Waals surface area (Å²) in [6.07, 6.45) is 3.40. The summed E-state index contributed by atoms with van der Waals surface area (Å²) in [7, 11) is -3.88. The summed E-state index contributed by atoms with van der Waals surface area (Å²) in [5, 5.41) is 13.3. The predicted molar refractivity (Wildman–Crippen MR) is 178 cm³/mol. The van der Waals surface area contributed by atoms with Crippen LogP contribution in [0.4, 0.5) is 11.4 Å². The summed E-state index contributed by atoms with van der Waals surface area (Å²) in [6.45, 7) is 9.08. The molecule has 0 atom stereocenters. The summed E-state index contributed by atoms with van der Waals surface area (Å²) in [5.41, 5.74) is 3.93. The first-order valence-electron chi connectivity index (χ1n) is 14.7. The molecule has 1 fully saturated rings. The van der Waals surface area contributed by atoms with Crippen molar-refractivity contribution in [1.29, 1.82) is 5.26 Å². The molecule has 0 amide bonds. The van der Waals surface area contributed by atoms with Crippen molar-refractivity contribution in [1.82, 2.24) is 19.8 Å². The fourth-order valence-electron chi connectivity index (χ4n) is 5.09. The lowest BCUT2D eigenvalue weighted by Gasteiger charge is -2.37. The molecular formula is C33H37N7O2S2. The van der Waals surface area contributed by atoms with Crippen LogP contribution in [0.15, 0.2) is 96.3 Å². The first-order valence-corrected chi connectivity index (χ1v) is 16.5. The summed E-state index contributed by atoms with van der Waals surface area (Å²) >= 11 is 5.59. The molecule has 1 aliphatic heterocycles. The van der Waals surface area contributed by atoms with E-state index in [1.165, 1.54) is 4.31 Å². The van der Waals surface area contributed by atoms with E-state index in [9.17, 15) is 8.42 Å². The van der Waals surface area contributed by atoms with Crippen LogP contribution in [0.5, 0.6) is 0 Å². The van der Waals surface area contributed by atoms with Crippen LogP contribution in [0.3, 0.4) is 0 Å². The maximum absolute atomic E-state index is 14.0. The zero-order chi connectivity index (χ0) is 31.1. The molecule has 0 aliphatic carbocycles. The quantitative estimate of drug-likeness (QED) is 0.249. The molecule has 0 saturated carbocycles. The Balaban J connectivity index is 1.35. The highest BCUT2D eigenvalue weighted by molar-refractivity contribution is 7.92. The van der Waals surface area contributed by atoms with Gasteiger partial charge < -0.3 is 19.7 Å². The minimum Gasteiger partial charge on any atom is -0.368 e. The molecule has 0 radical (unpaired) electrons. The van der Waals surface area contributed by atoms with Crippen LogP contribution in [-0.4, -0.2) is 60.7 Å². The molecule has 1 aromatic heterocycles. The van der Waals surface area contributed by atoms with Crippen molar-refractivity contribution in [3.05, 3.63) is 108 Å². The second kappa shape index (κ2) is 13.9. The van der Waals surface area contributed by atoms with Crippen LogP contribution >= 0.6 is 12.2 Å². The number of nitriles is 1. The summed E-state index contributed by atoms with van der Waals surface area (Å²) < 4.78 is 31.4. The molecule has 4 aromatic rings. The highest BCUT2D eigenvalue weighted by atomic mass is 32.2. The third-order valence-corrected chi connectivity index (χ3v) is 9.79. The lowest BCUT2D eigenvalue weighted by Crippen LogP contribution is -2.52. The maximum Gasteiger partial charge on any atom is 0.264 e. The number of sulfonamides is 1. The zero-order valence-electron chi connectivity index (χ0n) is 25.0. The number of rotatable bonds is 10. The van der Waals surface area contributed by atoms with Gasteiger partial charge >= 0.3 is 0 Å². The Bertz CT molecular complexity index is 1690. The lowest BCUT2D eigenvalue weighted by atomic mass is 10.1. The van der Waals surface area contributed by atoms with Crippen molar-refractivity contribution < 1.29 is 8.42 Å². The van der Waals surface area contributed by atoms with Crippen LogP contribution in [0, 0.1) is 17.2 Å². The average Bonchev–Trinajstić information content (AvgIpc) is 3.49.